The van der Waals surface area contributed by atoms with E-state index in [4.69, 9.17) is 4.74 Å². The summed E-state index contributed by atoms with van der Waals surface area (Å²) in [5.41, 5.74) is 1.43. The average Bonchev–Trinajstić information content (AvgIpc) is 2.78. The van der Waals surface area contributed by atoms with Gasteiger partial charge in [0.15, 0.2) is 0 Å². The summed E-state index contributed by atoms with van der Waals surface area (Å²) in [7, 11) is 0. The van der Waals surface area contributed by atoms with Gasteiger partial charge in [-0.25, -0.2) is 4.79 Å². The van der Waals surface area contributed by atoms with Crippen molar-refractivity contribution in [2.75, 3.05) is 0 Å². The van der Waals surface area contributed by atoms with Gasteiger partial charge in [-0.3, -0.25) is 14.9 Å². The van der Waals surface area contributed by atoms with Crippen molar-refractivity contribution in [2.45, 2.75) is 19.1 Å². The molecule has 3 rings (SSSR count). The number of nitrogens with one attached hydrogen (secondary N) is 1. The van der Waals surface area contributed by atoms with Crippen molar-refractivity contribution in [1.82, 2.24) is 5.32 Å². The molecular formula is C23H20N2O6. The second-order valence-corrected chi connectivity index (χ2v) is 6.80. The minimum Gasteiger partial charge on any atom is -0.489 e. The van der Waals surface area contributed by atoms with Crippen molar-refractivity contribution in [3.63, 3.8) is 0 Å². The second-order valence-electron chi connectivity index (χ2n) is 6.80. The third-order valence-electron chi connectivity index (χ3n) is 4.51. The van der Waals surface area contributed by atoms with E-state index in [9.17, 15) is 24.8 Å². The minimum absolute atomic E-state index is 0.0143. The number of nitro benzene ring substituents is 1. The van der Waals surface area contributed by atoms with Gasteiger partial charge >= 0.3 is 5.97 Å². The molecule has 0 spiro atoms. The Morgan fingerprint density at radius 1 is 0.968 bits per heavy atom. The van der Waals surface area contributed by atoms with Gasteiger partial charge in [-0.2, -0.15) is 0 Å². The molecule has 0 bridgehead atoms. The molecular weight excluding hydrogens is 400 g/mol. The number of ether oxygens (including phenoxy) is 1. The van der Waals surface area contributed by atoms with E-state index in [1.54, 1.807) is 24.3 Å². The van der Waals surface area contributed by atoms with E-state index in [-0.39, 0.29) is 17.7 Å². The number of carbonyl (C=O) groups is 2. The highest BCUT2D eigenvalue weighted by molar-refractivity contribution is 5.97. The molecule has 0 unspecified atom stereocenters. The number of rotatable bonds is 9. The van der Waals surface area contributed by atoms with Gasteiger partial charge < -0.3 is 15.2 Å². The fraction of sp³-hybridized carbons (Fsp3) is 0.130. The van der Waals surface area contributed by atoms with Gasteiger partial charge in [0.2, 0.25) is 0 Å². The average molecular weight is 420 g/mol. The maximum atomic E-state index is 12.4. The number of amides is 1. The molecule has 1 amide bonds. The monoisotopic (exact) mass is 420 g/mol. The third-order valence-corrected chi connectivity index (χ3v) is 4.51. The van der Waals surface area contributed by atoms with E-state index >= 15 is 0 Å². The van der Waals surface area contributed by atoms with Crippen LogP contribution in [-0.4, -0.2) is 27.9 Å². The van der Waals surface area contributed by atoms with Crippen LogP contribution in [0.1, 0.15) is 21.5 Å². The summed E-state index contributed by atoms with van der Waals surface area (Å²) < 4.78 is 5.76. The van der Waals surface area contributed by atoms with Crippen LogP contribution in [0.15, 0.2) is 78.9 Å². The Hall–Kier alpha value is -4.20. The fourth-order valence-corrected chi connectivity index (χ4v) is 2.94. The van der Waals surface area contributed by atoms with Crippen LogP contribution in [0.25, 0.3) is 0 Å². The molecule has 0 aromatic heterocycles. The quantitative estimate of drug-likeness (QED) is 0.403. The normalized spacial score (nSPS) is 11.4. The summed E-state index contributed by atoms with van der Waals surface area (Å²) in [6, 6.07) is 20.5. The Morgan fingerprint density at radius 3 is 2.39 bits per heavy atom. The first-order chi connectivity index (χ1) is 14.9. The summed E-state index contributed by atoms with van der Waals surface area (Å²) in [6.45, 7) is 0.371. The molecule has 8 nitrogen and oxygen atoms in total. The molecule has 1 atom stereocenters. The number of carboxylic acids is 1. The summed E-state index contributed by atoms with van der Waals surface area (Å²) in [4.78, 5) is 34.4. The zero-order valence-electron chi connectivity index (χ0n) is 16.4. The molecule has 0 aliphatic heterocycles. The van der Waals surface area contributed by atoms with E-state index in [0.717, 1.165) is 11.6 Å². The maximum Gasteiger partial charge on any atom is 0.326 e. The SMILES string of the molecule is O=C(N[C@@H](Cc1cccc(OCc2ccccc2)c1)C(=O)O)c1cccc([N+](=O)[O-])c1. The largest absolute Gasteiger partial charge is 0.489 e. The van der Waals surface area contributed by atoms with Crippen LogP contribution in [0.4, 0.5) is 5.69 Å². The smallest absolute Gasteiger partial charge is 0.326 e. The van der Waals surface area contributed by atoms with Crippen LogP contribution in [0, 0.1) is 10.1 Å². The number of nitro groups is 1. The molecule has 0 saturated carbocycles. The molecule has 158 valence electrons. The Labute approximate surface area is 178 Å². The van der Waals surface area contributed by atoms with Crippen LogP contribution in [0.5, 0.6) is 5.75 Å². The molecule has 0 heterocycles. The maximum absolute atomic E-state index is 12.4. The molecule has 0 radical (unpaired) electrons. The number of non-ortho nitro benzene ring substituents is 1. The molecule has 3 aromatic carbocycles. The number of benzene rings is 3. The van der Waals surface area contributed by atoms with Gasteiger partial charge in [-0.15, -0.1) is 0 Å². The first-order valence-electron chi connectivity index (χ1n) is 9.46. The first-order valence-corrected chi connectivity index (χ1v) is 9.46. The lowest BCUT2D eigenvalue weighted by atomic mass is 10.0. The van der Waals surface area contributed by atoms with Crippen LogP contribution >= 0.6 is 0 Å². The molecule has 0 aliphatic carbocycles. The standard InChI is InChI=1S/C23H20N2O6/c26-22(18-9-5-10-19(14-18)25(29)30)24-21(23(27)28)13-17-8-4-11-20(12-17)31-15-16-6-2-1-3-7-16/h1-12,14,21H,13,15H2,(H,24,26)(H,27,28)/t21-/m0/s1. The minimum atomic E-state index is -1.21. The molecule has 8 heteroatoms. The number of carboxylic acid groups (broad SMARTS) is 1. The molecule has 0 fully saturated rings. The third kappa shape index (κ3) is 6.14. The lowest BCUT2D eigenvalue weighted by Crippen LogP contribution is -2.42. The number of carbonyl (C=O) groups excluding carboxylic acids is 1. The Balaban J connectivity index is 1.67. The number of hydrogen-bond donors (Lipinski definition) is 2. The van der Waals surface area contributed by atoms with Crippen molar-refractivity contribution >= 4 is 17.6 Å². The molecule has 3 aromatic rings. The molecule has 2 N–H and O–H groups in total. The lowest BCUT2D eigenvalue weighted by molar-refractivity contribution is -0.384. The van der Waals surface area contributed by atoms with Crippen molar-refractivity contribution in [2.24, 2.45) is 0 Å². The Morgan fingerprint density at radius 2 is 1.68 bits per heavy atom. The van der Waals surface area contributed by atoms with Gasteiger partial charge in [0.1, 0.15) is 18.4 Å². The van der Waals surface area contributed by atoms with Gasteiger partial charge in [0.25, 0.3) is 11.6 Å². The van der Waals surface area contributed by atoms with E-state index in [0.29, 0.717) is 17.9 Å². The van der Waals surface area contributed by atoms with Crippen molar-refractivity contribution in [1.29, 1.82) is 0 Å². The van der Waals surface area contributed by atoms with Crippen LogP contribution in [0.3, 0.4) is 0 Å². The Kier molecular flexibility index (Phi) is 6.95. The van der Waals surface area contributed by atoms with Gasteiger partial charge in [0.05, 0.1) is 4.92 Å². The predicted octanol–water partition coefficient (Wildman–Crippen LogP) is 3.60. The number of aliphatic carboxylic acids is 1. The first kappa shape index (κ1) is 21.5. The highest BCUT2D eigenvalue weighted by Crippen LogP contribution is 2.17. The highest BCUT2D eigenvalue weighted by Gasteiger charge is 2.22. The van der Waals surface area contributed by atoms with Crippen LogP contribution in [-0.2, 0) is 17.8 Å². The van der Waals surface area contributed by atoms with E-state index < -0.39 is 22.8 Å². The van der Waals surface area contributed by atoms with Gasteiger partial charge in [0, 0.05) is 24.1 Å². The molecule has 0 saturated heterocycles. The van der Waals surface area contributed by atoms with Crippen molar-refractivity contribution < 1.29 is 24.4 Å². The van der Waals surface area contributed by atoms with Crippen molar-refractivity contribution in [3.8, 4) is 5.75 Å². The number of nitrogens with zero attached hydrogens (tertiary/aromatic N) is 1. The zero-order chi connectivity index (χ0) is 22.2. The van der Waals surface area contributed by atoms with Crippen LogP contribution in [0.2, 0.25) is 0 Å². The molecule has 0 aliphatic rings. The number of hydrogen-bond acceptors (Lipinski definition) is 5. The van der Waals surface area contributed by atoms with Gasteiger partial charge in [-0.1, -0.05) is 48.5 Å². The van der Waals surface area contributed by atoms with Crippen LogP contribution < -0.4 is 10.1 Å². The van der Waals surface area contributed by atoms with Crippen molar-refractivity contribution in [3.05, 3.63) is 106 Å². The van der Waals surface area contributed by atoms with E-state index in [1.807, 2.05) is 30.3 Å². The second kappa shape index (κ2) is 10.0. The summed E-state index contributed by atoms with van der Waals surface area (Å²) in [6.07, 6.45) is 0.0263. The van der Waals surface area contributed by atoms with Gasteiger partial charge in [-0.05, 0) is 29.3 Å². The van der Waals surface area contributed by atoms with E-state index in [1.165, 1.54) is 18.2 Å². The zero-order valence-corrected chi connectivity index (χ0v) is 16.4. The predicted molar refractivity (Wildman–Crippen MR) is 113 cm³/mol. The highest BCUT2D eigenvalue weighted by atomic mass is 16.6. The Bertz CT molecular complexity index is 1080. The summed E-state index contributed by atoms with van der Waals surface area (Å²) in [5.74, 6) is -1.34. The summed E-state index contributed by atoms with van der Waals surface area (Å²) in [5, 5.41) is 22.9. The summed E-state index contributed by atoms with van der Waals surface area (Å²) >= 11 is 0. The lowest BCUT2D eigenvalue weighted by Gasteiger charge is -2.15. The topological polar surface area (TPSA) is 119 Å². The molecule has 31 heavy (non-hydrogen) atoms. The fourth-order valence-electron chi connectivity index (χ4n) is 2.94. The van der Waals surface area contributed by atoms with E-state index in [2.05, 4.69) is 5.32 Å².